The molecular weight excluding hydrogens is 268 g/mol. The zero-order valence-corrected chi connectivity index (χ0v) is 14.9. The summed E-state index contributed by atoms with van der Waals surface area (Å²) in [5.74, 6) is 2.26. The van der Waals surface area contributed by atoms with Crippen molar-refractivity contribution in [2.45, 2.75) is 66.1 Å². The highest BCUT2D eigenvalue weighted by Crippen LogP contribution is 2.24. The molecule has 1 heteroatoms. The highest BCUT2D eigenvalue weighted by molar-refractivity contribution is 5.13. The van der Waals surface area contributed by atoms with Gasteiger partial charge in [-0.25, -0.2) is 0 Å². The Morgan fingerprint density at radius 2 is 1.50 bits per heavy atom. The fourth-order valence-electron chi connectivity index (χ4n) is 3.39. The van der Waals surface area contributed by atoms with E-state index in [1.54, 1.807) is 0 Å². The zero-order valence-electron chi connectivity index (χ0n) is 14.9. The van der Waals surface area contributed by atoms with Crippen LogP contribution in [0.2, 0.25) is 0 Å². The average molecular weight is 303 g/mol. The van der Waals surface area contributed by atoms with Crippen molar-refractivity contribution in [2.24, 2.45) is 17.8 Å². The first-order chi connectivity index (χ1) is 10.5. The SMILES string of the molecule is C=CC[C@@H](C)C[C@@H](C)C[C@@H](C)C[C@@H](C)OCc1ccccc1. The van der Waals surface area contributed by atoms with Crippen LogP contribution in [0.1, 0.15) is 58.9 Å². The third-order valence-corrected chi connectivity index (χ3v) is 4.29. The second-order valence-corrected chi connectivity index (χ2v) is 7.15. The van der Waals surface area contributed by atoms with Crippen LogP contribution < -0.4 is 0 Å². The maximum atomic E-state index is 5.99. The van der Waals surface area contributed by atoms with Gasteiger partial charge < -0.3 is 4.74 Å². The van der Waals surface area contributed by atoms with Crippen LogP contribution in [0.4, 0.5) is 0 Å². The summed E-state index contributed by atoms with van der Waals surface area (Å²) in [7, 11) is 0. The van der Waals surface area contributed by atoms with Gasteiger partial charge in [-0.05, 0) is 55.9 Å². The lowest BCUT2D eigenvalue weighted by molar-refractivity contribution is 0.0357. The topological polar surface area (TPSA) is 9.23 Å². The quantitative estimate of drug-likeness (QED) is 0.439. The molecule has 0 saturated carbocycles. The molecule has 0 spiro atoms. The normalized spacial score (nSPS) is 16.7. The molecule has 0 unspecified atom stereocenters. The lowest BCUT2D eigenvalue weighted by Gasteiger charge is -2.22. The van der Waals surface area contributed by atoms with E-state index >= 15 is 0 Å². The van der Waals surface area contributed by atoms with Crippen molar-refractivity contribution in [3.63, 3.8) is 0 Å². The third kappa shape index (κ3) is 8.38. The van der Waals surface area contributed by atoms with E-state index in [9.17, 15) is 0 Å². The molecule has 0 fully saturated rings. The lowest BCUT2D eigenvalue weighted by Crippen LogP contribution is -2.15. The number of rotatable bonds is 11. The summed E-state index contributed by atoms with van der Waals surface area (Å²) >= 11 is 0. The highest BCUT2D eigenvalue weighted by Gasteiger charge is 2.14. The average Bonchev–Trinajstić information content (AvgIpc) is 2.46. The van der Waals surface area contributed by atoms with E-state index in [1.165, 1.54) is 18.4 Å². The number of hydrogen-bond acceptors (Lipinski definition) is 1. The zero-order chi connectivity index (χ0) is 16.4. The minimum Gasteiger partial charge on any atom is -0.374 e. The predicted octanol–water partition coefficient (Wildman–Crippen LogP) is 6.25. The Morgan fingerprint density at radius 1 is 0.909 bits per heavy atom. The van der Waals surface area contributed by atoms with Crippen LogP contribution >= 0.6 is 0 Å². The van der Waals surface area contributed by atoms with Gasteiger partial charge in [-0.15, -0.1) is 6.58 Å². The molecule has 0 aliphatic carbocycles. The first kappa shape index (κ1) is 19.0. The van der Waals surface area contributed by atoms with E-state index in [2.05, 4.69) is 58.5 Å². The van der Waals surface area contributed by atoms with Gasteiger partial charge in [0, 0.05) is 0 Å². The van der Waals surface area contributed by atoms with Crippen molar-refractivity contribution >= 4 is 0 Å². The molecule has 0 radical (unpaired) electrons. The number of hydrogen-bond donors (Lipinski definition) is 0. The smallest absolute Gasteiger partial charge is 0.0720 e. The van der Waals surface area contributed by atoms with Gasteiger partial charge in [-0.2, -0.15) is 0 Å². The largest absolute Gasteiger partial charge is 0.374 e. The van der Waals surface area contributed by atoms with E-state index in [0.29, 0.717) is 6.10 Å². The fraction of sp³-hybridized carbons (Fsp3) is 0.619. The summed E-state index contributed by atoms with van der Waals surface area (Å²) in [4.78, 5) is 0. The minimum absolute atomic E-state index is 0.327. The molecule has 4 atom stereocenters. The molecule has 0 bridgehead atoms. The Hall–Kier alpha value is -1.08. The van der Waals surface area contributed by atoms with Crippen LogP contribution in [0, 0.1) is 17.8 Å². The molecule has 0 amide bonds. The van der Waals surface area contributed by atoms with Gasteiger partial charge in [0.05, 0.1) is 12.7 Å². The second-order valence-electron chi connectivity index (χ2n) is 7.15. The van der Waals surface area contributed by atoms with E-state index in [4.69, 9.17) is 4.74 Å². The first-order valence-corrected chi connectivity index (χ1v) is 8.77. The maximum absolute atomic E-state index is 5.99. The molecule has 1 nitrogen and oxygen atoms in total. The Morgan fingerprint density at radius 3 is 2.14 bits per heavy atom. The molecule has 0 aliphatic rings. The molecule has 1 aromatic carbocycles. The summed E-state index contributed by atoms with van der Waals surface area (Å²) < 4.78 is 5.99. The Balaban J connectivity index is 2.22. The van der Waals surface area contributed by atoms with E-state index < -0.39 is 0 Å². The fourth-order valence-corrected chi connectivity index (χ4v) is 3.39. The van der Waals surface area contributed by atoms with Crippen LogP contribution in [-0.4, -0.2) is 6.10 Å². The van der Waals surface area contributed by atoms with Crippen LogP contribution in [-0.2, 0) is 11.3 Å². The molecule has 0 aliphatic heterocycles. The van der Waals surface area contributed by atoms with Crippen molar-refractivity contribution in [3.05, 3.63) is 48.6 Å². The van der Waals surface area contributed by atoms with E-state index in [0.717, 1.165) is 37.2 Å². The van der Waals surface area contributed by atoms with Gasteiger partial charge in [0.15, 0.2) is 0 Å². The standard InChI is InChI=1S/C21H34O/c1-6-10-17(2)13-18(3)14-19(4)15-20(5)22-16-21-11-8-7-9-12-21/h6-9,11-12,17-20H,1,10,13-16H2,2-5H3/t17-,18-,19-,20-/m1/s1. The summed E-state index contributed by atoms with van der Waals surface area (Å²) in [6.07, 6.45) is 7.24. The van der Waals surface area contributed by atoms with Crippen molar-refractivity contribution in [3.8, 4) is 0 Å². The summed E-state index contributed by atoms with van der Waals surface area (Å²) in [5.41, 5.74) is 1.26. The minimum atomic E-state index is 0.327. The predicted molar refractivity (Wildman–Crippen MR) is 96.9 cm³/mol. The van der Waals surface area contributed by atoms with Crippen LogP contribution in [0.5, 0.6) is 0 Å². The molecule has 0 N–H and O–H groups in total. The van der Waals surface area contributed by atoms with E-state index in [1.807, 2.05) is 12.1 Å². The first-order valence-electron chi connectivity index (χ1n) is 8.77. The van der Waals surface area contributed by atoms with Gasteiger partial charge in [0.2, 0.25) is 0 Å². The van der Waals surface area contributed by atoms with Crippen molar-refractivity contribution < 1.29 is 4.74 Å². The molecule has 22 heavy (non-hydrogen) atoms. The van der Waals surface area contributed by atoms with Gasteiger partial charge in [0.25, 0.3) is 0 Å². The molecule has 1 aromatic rings. The molecule has 0 aromatic heterocycles. The molecule has 124 valence electrons. The molecular formula is C21H34O. The number of benzene rings is 1. The van der Waals surface area contributed by atoms with Gasteiger partial charge in [-0.3, -0.25) is 0 Å². The van der Waals surface area contributed by atoms with Gasteiger partial charge in [-0.1, -0.05) is 57.2 Å². The van der Waals surface area contributed by atoms with Crippen molar-refractivity contribution in [1.29, 1.82) is 0 Å². The monoisotopic (exact) mass is 302 g/mol. The molecule has 0 heterocycles. The van der Waals surface area contributed by atoms with Crippen LogP contribution in [0.3, 0.4) is 0 Å². The number of allylic oxidation sites excluding steroid dienone is 1. The molecule has 0 saturated heterocycles. The third-order valence-electron chi connectivity index (χ3n) is 4.29. The van der Waals surface area contributed by atoms with Crippen LogP contribution in [0.25, 0.3) is 0 Å². The second kappa shape index (κ2) is 10.6. The van der Waals surface area contributed by atoms with Gasteiger partial charge in [0.1, 0.15) is 0 Å². The van der Waals surface area contributed by atoms with Gasteiger partial charge >= 0.3 is 0 Å². The Labute approximate surface area is 137 Å². The summed E-state index contributed by atoms with van der Waals surface area (Å²) in [6.45, 7) is 13.8. The maximum Gasteiger partial charge on any atom is 0.0720 e. The van der Waals surface area contributed by atoms with Crippen molar-refractivity contribution in [1.82, 2.24) is 0 Å². The molecule has 1 rings (SSSR count). The van der Waals surface area contributed by atoms with Crippen molar-refractivity contribution in [2.75, 3.05) is 0 Å². The Kier molecular flexibility index (Phi) is 9.15. The van der Waals surface area contributed by atoms with E-state index in [-0.39, 0.29) is 0 Å². The lowest BCUT2D eigenvalue weighted by atomic mass is 9.86. The summed E-state index contributed by atoms with van der Waals surface area (Å²) in [6, 6.07) is 10.4. The Bertz CT molecular complexity index is 398. The highest BCUT2D eigenvalue weighted by atomic mass is 16.5. The van der Waals surface area contributed by atoms with Crippen LogP contribution in [0.15, 0.2) is 43.0 Å². The number of ether oxygens (including phenoxy) is 1. The summed E-state index contributed by atoms with van der Waals surface area (Å²) in [5, 5.41) is 0.